The van der Waals surface area contributed by atoms with Gasteiger partial charge in [0.25, 0.3) is 10.1 Å². The number of carbonyl (C=O) groups is 9. The van der Waals surface area contributed by atoms with Gasteiger partial charge in [-0.25, -0.2) is 19.2 Å². The Balaban J connectivity index is 0.000000320. The van der Waals surface area contributed by atoms with Crippen LogP contribution in [0.2, 0.25) is 0 Å². The van der Waals surface area contributed by atoms with Gasteiger partial charge in [-0.1, -0.05) is 17.7 Å². The Morgan fingerprint density at radius 1 is 0.382 bits per heavy atom. The second-order valence-electron chi connectivity index (χ2n) is 37.1. The quantitative estimate of drug-likeness (QED) is 0.00996. The molecule has 4 heterocycles. The number of anilines is 5. The number of likely N-dealkylation sites (N-methyl/N-ethyl adjacent to an activating group) is 4. The number of nitrogens with zero attached hydrogens (tertiary/aromatic N) is 8. The summed E-state index contributed by atoms with van der Waals surface area (Å²) in [6.45, 7) is 27.2. The molecule has 33 heteroatoms. The van der Waals surface area contributed by atoms with Crippen LogP contribution in [0.3, 0.4) is 0 Å². The highest BCUT2D eigenvalue weighted by Crippen LogP contribution is 2.33. The van der Waals surface area contributed by atoms with Crippen molar-refractivity contribution in [3.63, 3.8) is 0 Å². The van der Waals surface area contributed by atoms with Gasteiger partial charge >= 0.3 is 47.8 Å². The van der Waals surface area contributed by atoms with Gasteiger partial charge in [0, 0.05) is 166 Å². The zero-order valence-electron chi connectivity index (χ0n) is 88.6. The Hall–Kier alpha value is -9.84. The van der Waals surface area contributed by atoms with Crippen LogP contribution in [0.4, 0.5) is 28.4 Å². The number of methoxy groups -OCH3 is 4. The van der Waals surface area contributed by atoms with E-state index in [1.807, 2.05) is 97.1 Å². The molecule has 4 aliphatic heterocycles. The fourth-order valence-corrected chi connectivity index (χ4v) is 14.9. The molecule has 4 aliphatic rings. The number of piperazine rings is 4. The zero-order chi connectivity index (χ0) is 105. The van der Waals surface area contributed by atoms with Crippen molar-refractivity contribution in [2.75, 3.05) is 213 Å². The SMILES string of the molecule is CN1CCN(c2ccc(C(=O)OC(C)(C)C)c(N)c2)CC1.COC(=O)CC(=O)CC(=O)OC.COC(=O)CC(CC(=O)OC)Cc1cc(N2CCN(C)CC2)ccc1C(=O)OC(C)(C)C.[2H]C([2H])(O)CC(Cc1cc(N2CCN(C)CC2)ccc1C(=O)OC(C)(C)C)CC([2H])([2H])O.[2H]C([2H])(O)CC(Cc1cc(N2CCN(C)CC2)ccc1C(=O)OC(C)(C)C)CC([2H])([2H])OS(=O)(=O)c1ccc(C)cc1. The smallest absolute Gasteiger partial charge is 0.340 e. The summed E-state index contributed by atoms with van der Waals surface area (Å²) in [5, 5.41) is 29.5. The van der Waals surface area contributed by atoms with Crippen LogP contribution in [0.15, 0.2) is 102 Å². The predicted octanol–water partition coefficient (Wildman–Crippen LogP) is 10.7. The minimum Gasteiger partial charge on any atom is -0.469 e. The van der Waals surface area contributed by atoms with Gasteiger partial charge in [-0.05, 0) is 283 Å². The molecule has 0 saturated carbocycles. The third kappa shape index (κ3) is 41.0. The van der Waals surface area contributed by atoms with Crippen molar-refractivity contribution in [2.45, 2.75) is 188 Å². The van der Waals surface area contributed by atoms with E-state index >= 15 is 0 Å². The van der Waals surface area contributed by atoms with Gasteiger partial charge in [0.05, 0.1) is 73.1 Å². The van der Waals surface area contributed by atoms with Crippen molar-refractivity contribution in [3.8, 4) is 0 Å². The Morgan fingerprint density at radius 3 is 0.924 bits per heavy atom. The van der Waals surface area contributed by atoms with Crippen molar-refractivity contribution in [2.24, 2.45) is 17.8 Å². The van der Waals surface area contributed by atoms with Gasteiger partial charge in [0.15, 0.2) is 5.78 Å². The second kappa shape index (κ2) is 53.8. The van der Waals surface area contributed by atoms with Crippen molar-refractivity contribution >= 4 is 92.1 Å². The van der Waals surface area contributed by atoms with Crippen molar-refractivity contribution < 1.29 is 120 Å². The molecule has 0 spiro atoms. The normalized spacial score (nSPS) is 16.5. The number of nitrogens with two attached hydrogens (primary N) is 1. The van der Waals surface area contributed by atoms with E-state index in [4.69, 9.17) is 49.3 Å². The van der Waals surface area contributed by atoms with Gasteiger partial charge < -0.3 is 98.1 Å². The lowest BCUT2D eigenvalue weighted by molar-refractivity contribution is -0.147. The van der Waals surface area contributed by atoms with E-state index in [9.17, 15) is 66.9 Å². The average molecular weight is 1860 g/mol. The molecule has 5 aromatic carbocycles. The first-order valence-electron chi connectivity index (χ1n) is 48.1. The molecule has 0 radical (unpaired) electrons. The Labute approximate surface area is 788 Å². The maximum Gasteiger partial charge on any atom is 0.340 e. The summed E-state index contributed by atoms with van der Waals surface area (Å²) >= 11 is 0. The number of benzene rings is 5. The molecular weight excluding hydrogens is 1700 g/mol. The van der Waals surface area contributed by atoms with Crippen LogP contribution in [-0.2, 0) is 95.4 Å². The number of esters is 8. The Kier molecular flexibility index (Phi) is 40.5. The Morgan fingerprint density at radius 2 is 0.649 bits per heavy atom. The summed E-state index contributed by atoms with van der Waals surface area (Å²) in [6, 6.07) is 27.7. The van der Waals surface area contributed by atoms with Crippen molar-refractivity contribution in [1.29, 1.82) is 0 Å². The molecule has 4 saturated heterocycles. The van der Waals surface area contributed by atoms with Crippen LogP contribution >= 0.6 is 0 Å². The van der Waals surface area contributed by atoms with Gasteiger partial charge in [-0.3, -0.25) is 28.2 Å². The highest BCUT2D eigenvalue weighted by Gasteiger charge is 2.32. The molecule has 4 fully saturated rings. The number of nitrogen functional groups attached to an aromatic ring is 1. The van der Waals surface area contributed by atoms with E-state index in [0.717, 1.165) is 139 Å². The summed E-state index contributed by atoms with van der Waals surface area (Å²) in [7, 11) is 8.82. The summed E-state index contributed by atoms with van der Waals surface area (Å²) in [5.41, 5.74) is 11.8. The number of ketones is 1. The molecule has 5 N–H and O–H groups in total. The van der Waals surface area contributed by atoms with Gasteiger partial charge in [-0.15, -0.1) is 0 Å². The monoisotopic (exact) mass is 1860 g/mol. The number of hydrogen-bond donors (Lipinski definition) is 4. The highest BCUT2D eigenvalue weighted by molar-refractivity contribution is 7.86. The van der Waals surface area contributed by atoms with E-state index < -0.39 is 131 Å². The maximum atomic E-state index is 13.2. The topological polar surface area (TPSA) is 383 Å². The lowest BCUT2D eigenvalue weighted by atomic mass is 9.90. The average Bonchev–Trinajstić information content (AvgIpc) is 0.808. The Bertz CT molecular complexity index is 4930. The number of Topliss-reactive ketones (excluding diaryl/α,β-unsaturated/α-hetero) is 1. The van der Waals surface area contributed by atoms with Gasteiger partial charge in [-0.2, -0.15) is 8.42 Å². The van der Waals surface area contributed by atoms with Crippen LogP contribution in [0.1, 0.15) is 209 Å². The lowest BCUT2D eigenvalue weighted by Crippen LogP contribution is -2.44. The summed E-state index contributed by atoms with van der Waals surface area (Å²) < 4.78 is 133. The van der Waals surface area contributed by atoms with Gasteiger partial charge in [0.1, 0.15) is 35.2 Å². The molecule has 32 nitrogen and oxygen atoms in total. The van der Waals surface area contributed by atoms with Crippen LogP contribution in [-0.4, -0.2) is 307 Å². The lowest BCUT2D eigenvalue weighted by Gasteiger charge is -2.34. The van der Waals surface area contributed by atoms with Crippen LogP contribution in [0.25, 0.3) is 0 Å². The van der Waals surface area contributed by atoms with E-state index in [0.29, 0.717) is 39.9 Å². The van der Waals surface area contributed by atoms with E-state index in [1.54, 1.807) is 84.9 Å². The molecule has 9 rings (SSSR count). The molecule has 131 heavy (non-hydrogen) atoms. The largest absolute Gasteiger partial charge is 0.469 e. The van der Waals surface area contributed by atoms with Crippen LogP contribution in [0, 0.1) is 24.7 Å². The minimum absolute atomic E-state index is 0.0380. The summed E-state index contributed by atoms with van der Waals surface area (Å²) in [4.78, 5) is 124. The molecular formula is C98H149N9O23S. The molecule has 0 amide bonds. The molecule has 1 unspecified atom stereocenters. The number of carbonyl (C=O) groups excluding carboxylic acids is 9. The summed E-state index contributed by atoms with van der Waals surface area (Å²) in [5.74, 6) is -6.57. The number of aliphatic hydroxyl groups is 3. The minimum atomic E-state index is -4.48. The van der Waals surface area contributed by atoms with Crippen LogP contribution in [0.5, 0.6) is 0 Å². The first kappa shape index (κ1) is 98.7. The number of aryl methyl sites for hydroxylation is 1. The fourth-order valence-electron chi connectivity index (χ4n) is 14.1. The van der Waals surface area contributed by atoms with Crippen LogP contribution < -0.4 is 25.3 Å². The van der Waals surface area contributed by atoms with E-state index in [2.05, 4.69) is 69.8 Å². The first-order valence-corrected chi connectivity index (χ1v) is 45.5. The third-order valence-electron chi connectivity index (χ3n) is 21.3. The molecule has 0 aliphatic carbocycles. The van der Waals surface area contributed by atoms with Gasteiger partial charge in [0.2, 0.25) is 0 Å². The zero-order valence-corrected chi connectivity index (χ0v) is 81.4. The van der Waals surface area contributed by atoms with E-state index in [1.165, 1.54) is 40.6 Å². The van der Waals surface area contributed by atoms with E-state index in [-0.39, 0.29) is 73.7 Å². The highest BCUT2D eigenvalue weighted by atomic mass is 32.2. The molecule has 1 atom stereocenters. The number of hydrogen-bond acceptors (Lipinski definition) is 32. The molecule has 0 bridgehead atoms. The molecule has 0 aromatic heterocycles. The van der Waals surface area contributed by atoms with Crippen molar-refractivity contribution in [3.05, 3.63) is 142 Å². The molecule has 730 valence electrons. The van der Waals surface area contributed by atoms with Crippen molar-refractivity contribution in [1.82, 2.24) is 19.6 Å². The summed E-state index contributed by atoms with van der Waals surface area (Å²) in [6.07, 6.45) is -2.08. The fraction of sp³-hybridized carbons (Fsp3) is 0.602. The predicted molar refractivity (Wildman–Crippen MR) is 507 cm³/mol. The number of ether oxygens (including phenoxy) is 8. The third-order valence-corrected chi connectivity index (χ3v) is 22.5. The second-order valence-corrected chi connectivity index (χ2v) is 38.6. The molecule has 5 aromatic rings. The number of rotatable bonds is 33. The standard InChI is InChI=1S/C29H42N2O6S.C24H36N2O6.C22H36N2O4.C16H25N3O2.C7H10O5/c1-22-6-9-26(10-7-22)38(34,35)36-19-13-23(12-18-32)20-24-21-25(31-16-14-30(5)15-17-31)8-11-27(24)28(33)37-29(2,3)4;1-24(2,3)32-23(29)20-8-7-19(26-11-9-25(4)10-12-26)16-18(20)13-17(14-21(27)30-5)15-22(28)31-6;1-22(2,3)28-21(27)20-6-5-19(24-11-9-23(4)10-12-24)16-18(20)15-17(7-13-25)8-14-26;1-16(2,3)21-15(20)13-6-5-12(11-14(13)17)19-9-7-18(4)8-10-19;1-11-6(9)3-5(8)4-7(10)12-2/h6-11,21,23,32H,12-20H2,1-5H3;7-8,16-17H,9-15H2,1-6H3;5-6,16-17,25-26H,7-15H2,1-4H3;5-6,11H,7-10,17H2,1-4H3;3-4H2,1-2H3/i18D2,19D2;;13D2,14D2;;. The first-order chi connectivity index (χ1) is 64.1. The maximum absolute atomic E-state index is 13.2.